The molecule has 0 saturated heterocycles. The largest absolute Gasteiger partial charge is 0.465 e. The zero-order valence-electron chi connectivity index (χ0n) is 14.5. The summed E-state index contributed by atoms with van der Waals surface area (Å²) in [6.45, 7) is 11.5. The molecule has 0 aromatic heterocycles. The lowest BCUT2D eigenvalue weighted by atomic mass is 10.1. The molecule has 0 bridgehead atoms. The molecule has 0 atom stereocenters. The highest BCUT2D eigenvalue weighted by Gasteiger charge is 2.37. The molecule has 1 amide bonds. The number of benzene rings is 1. The summed E-state index contributed by atoms with van der Waals surface area (Å²) in [4.78, 5) is 10.4. The molecule has 0 spiro atoms. The highest BCUT2D eigenvalue weighted by molar-refractivity contribution is 6.74. The number of hydrogen-bond donors (Lipinski definition) is 3. The van der Waals surface area contributed by atoms with Gasteiger partial charge in [-0.3, -0.25) is 0 Å². The third-order valence-electron chi connectivity index (χ3n) is 4.08. The Bertz CT molecular complexity index is 625. The first kappa shape index (κ1) is 19.1. The van der Waals surface area contributed by atoms with Crippen molar-refractivity contribution in [2.75, 3.05) is 12.3 Å². The van der Waals surface area contributed by atoms with Gasteiger partial charge < -0.3 is 20.6 Å². The minimum atomic E-state index is -1.85. The second kappa shape index (κ2) is 7.53. The SMILES string of the molecule is CC(C)(C)[Si](C)(C)OCc1ccc(N)cc1C#CCNC(=O)O. The Morgan fingerprint density at radius 2 is 2.04 bits per heavy atom. The molecule has 1 rings (SSSR count). The van der Waals surface area contributed by atoms with Gasteiger partial charge in [0.2, 0.25) is 0 Å². The van der Waals surface area contributed by atoms with E-state index in [2.05, 4.69) is 51.0 Å². The summed E-state index contributed by atoms with van der Waals surface area (Å²) in [6, 6.07) is 5.53. The third-order valence-corrected chi connectivity index (χ3v) is 8.56. The van der Waals surface area contributed by atoms with Gasteiger partial charge in [0.1, 0.15) is 0 Å². The average molecular weight is 334 g/mol. The second-order valence-electron chi connectivity index (χ2n) is 6.93. The molecule has 0 aliphatic carbocycles. The van der Waals surface area contributed by atoms with Gasteiger partial charge in [-0.1, -0.05) is 38.7 Å². The van der Waals surface area contributed by atoms with Crippen molar-refractivity contribution in [3.05, 3.63) is 29.3 Å². The lowest BCUT2D eigenvalue weighted by Crippen LogP contribution is -2.40. The topological polar surface area (TPSA) is 84.6 Å². The monoisotopic (exact) mass is 334 g/mol. The summed E-state index contributed by atoms with van der Waals surface area (Å²) in [6.07, 6.45) is -1.09. The van der Waals surface area contributed by atoms with E-state index in [1.807, 2.05) is 12.1 Å². The molecule has 0 heterocycles. The van der Waals surface area contributed by atoms with Crippen LogP contribution < -0.4 is 11.1 Å². The maximum Gasteiger partial charge on any atom is 0.405 e. The smallest absolute Gasteiger partial charge is 0.405 e. The van der Waals surface area contributed by atoms with Crippen LogP contribution in [-0.4, -0.2) is 26.1 Å². The summed E-state index contributed by atoms with van der Waals surface area (Å²) < 4.78 is 6.23. The summed E-state index contributed by atoms with van der Waals surface area (Å²) in [5.74, 6) is 5.75. The van der Waals surface area contributed by atoms with E-state index in [0.29, 0.717) is 12.3 Å². The number of nitrogen functional groups attached to an aromatic ring is 1. The Balaban J connectivity index is 2.89. The molecule has 0 radical (unpaired) electrons. The molecule has 0 aliphatic heterocycles. The van der Waals surface area contributed by atoms with Crippen molar-refractivity contribution in [2.24, 2.45) is 0 Å². The van der Waals surface area contributed by atoms with Crippen LogP contribution in [0.2, 0.25) is 18.1 Å². The molecule has 1 aromatic rings. The minimum absolute atomic E-state index is 0.0761. The Labute approximate surface area is 139 Å². The molecule has 23 heavy (non-hydrogen) atoms. The van der Waals surface area contributed by atoms with E-state index in [4.69, 9.17) is 15.3 Å². The summed E-state index contributed by atoms with van der Waals surface area (Å²) in [5.41, 5.74) is 8.18. The van der Waals surface area contributed by atoms with Gasteiger partial charge in [0.15, 0.2) is 8.32 Å². The summed E-state index contributed by atoms with van der Waals surface area (Å²) >= 11 is 0. The molecule has 4 N–H and O–H groups in total. The van der Waals surface area contributed by atoms with Crippen LogP contribution in [0.4, 0.5) is 10.5 Å². The highest BCUT2D eigenvalue weighted by atomic mass is 28.4. The summed E-state index contributed by atoms with van der Waals surface area (Å²) in [5, 5.41) is 10.9. The van der Waals surface area contributed by atoms with Gasteiger partial charge in [0.25, 0.3) is 0 Å². The van der Waals surface area contributed by atoms with Gasteiger partial charge in [-0.05, 0) is 35.8 Å². The van der Waals surface area contributed by atoms with E-state index in [1.54, 1.807) is 6.07 Å². The molecule has 1 aromatic carbocycles. The second-order valence-corrected chi connectivity index (χ2v) is 11.7. The molecular weight excluding hydrogens is 308 g/mol. The Kier molecular flexibility index (Phi) is 6.25. The first-order valence-electron chi connectivity index (χ1n) is 7.51. The maximum absolute atomic E-state index is 10.4. The van der Waals surface area contributed by atoms with E-state index < -0.39 is 14.4 Å². The fourth-order valence-corrected chi connectivity index (χ4v) is 2.52. The summed E-state index contributed by atoms with van der Waals surface area (Å²) in [7, 11) is -1.85. The lowest BCUT2D eigenvalue weighted by molar-refractivity contribution is 0.196. The highest BCUT2D eigenvalue weighted by Crippen LogP contribution is 2.37. The van der Waals surface area contributed by atoms with Crippen molar-refractivity contribution in [1.29, 1.82) is 0 Å². The Morgan fingerprint density at radius 1 is 1.39 bits per heavy atom. The number of nitrogens with one attached hydrogen (secondary N) is 1. The van der Waals surface area contributed by atoms with Crippen molar-refractivity contribution in [2.45, 2.75) is 45.5 Å². The number of anilines is 1. The van der Waals surface area contributed by atoms with Gasteiger partial charge in [0.05, 0.1) is 13.2 Å². The van der Waals surface area contributed by atoms with Gasteiger partial charge in [0, 0.05) is 11.3 Å². The van der Waals surface area contributed by atoms with Crippen molar-refractivity contribution >= 4 is 20.1 Å². The molecular formula is C17H26N2O3Si. The molecule has 0 fully saturated rings. The fourth-order valence-electron chi connectivity index (χ4n) is 1.57. The van der Waals surface area contributed by atoms with Gasteiger partial charge >= 0.3 is 6.09 Å². The van der Waals surface area contributed by atoms with Crippen LogP contribution in [0.5, 0.6) is 0 Å². The predicted molar refractivity (Wildman–Crippen MR) is 95.7 cm³/mol. The number of carboxylic acid groups (broad SMARTS) is 1. The van der Waals surface area contributed by atoms with Gasteiger partial charge in [-0.25, -0.2) is 4.79 Å². The van der Waals surface area contributed by atoms with Crippen LogP contribution in [0.15, 0.2) is 18.2 Å². The van der Waals surface area contributed by atoms with Crippen LogP contribution >= 0.6 is 0 Å². The van der Waals surface area contributed by atoms with E-state index in [0.717, 1.165) is 11.1 Å². The first-order valence-corrected chi connectivity index (χ1v) is 10.4. The molecule has 6 heteroatoms. The lowest BCUT2D eigenvalue weighted by Gasteiger charge is -2.36. The standard InChI is InChI=1S/C17H26N2O3Si/c1-17(2,3)23(4,5)22-12-14-8-9-15(18)11-13(14)7-6-10-19-16(20)21/h8-9,11,19H,10,12,18H2,1-5H3,(H,20,21). The molecule has 126 valence electrons. The van der Waals surface area contributed by atoms with Crippen LogP contribution in [0.1, 0.15) is 31.9 Å². The first-order chi connectivity index (χ1) is 10.5. The van der Waals surface area contributed by atoms with Crippen molar-refractivity contribution < 1.29 is 14.3 Å². The van der Waals surface area contributed by atoms with Gasteiger partial charge in [-0.15, -0.1) is 0 Å². The number of nitrogens with two attached hydrogens (primary N) is 1. The van der Waals surface area contributed by atoms with Crippen LogP contribution in [0, 0.1) is 11.8 Å². The number of rotatable bonds is 4. The van der Waals surface area contributed by atoms with Crippen molar-refractivity contribution in [3.8, 4) is 11.8 Å². The Hall–Kier alpha value is -1.97. The zero-order chi connectivity index (χ0) is 17.7. The van der Waals surface area contributed by atoms with Crippen molar-refractivity contribution in [3.63, 3.8) is 0 Å². The fraction of sp³-hybridized carbons (Fsp3) is 0.471. The minimum Gasteiger partial charge on any atom is -0.465 e. The normalized spacial score (nSPS) is 11.5. The average Bonchev–Trinajstić information content (AvgIpc) is 2.41. The van der Waals surface area contributed by atoms with Crippen LogP contribution in [-0.2, 0) is 11.0 Å². The van der Waals surface area contributed by atoms with E-state index in [-0.39, 0.29) is 11.6 Å². The van der Waals surface area contributed by atoms with Gasteiger partial charge in [-0.2, -0.15) is 0 Å². The molecule has 0 unspecified atom stereocenters. The van der Waals surface area contributed by atoms with E-state index in [9.17, 15) is 4.79 Å². The van der Waals surface area contributed by atoms with Crippen LogP contribution in [0.25, 0.3) is 0 Å². The maximum atomic E-state index is 10.4. The van der Waals surface area contributed by atoms with E-state index in [1.165, 1.54) is 0 Å². The quantitative estimate of drug-likeness (QED) is 0.447. The number of hydrogen-bond acceptors (Lipinski definition) is 3. The number of carbonyl (C=O) groups is 1. The predicted octanol–water partition coefficient (Wildman–Crippen LogP) is 3.41. The number of amides is 1. The molecule has 0 saturated carbocycles. The van der Waals surface area contributed by atoms with Crippen LogP contribution in [0.3, 0.4) is 0 Å². The van der Waals surface area contributed by atoms with Crippen molar-refractivity contribution in [1.82, 2.24) is 5.32 Å². The molecule has 5 nitrogen and oxygen atoms in total. The Morgan fingerprint density at radius 3 is 2.61 bits per heavy atom. The zero-order valence-corrected chi connectivity index (χ0v) is 15.5. The molecule has 0 aliphatic rings. The van der Waals surface area contributed by atoms with E-state index >= 15 is 0 Å². The third kappa shape index (κ3) is 5.97.